The minimum absolute atomic E-state index is 0.268. The van der Waals surface area contributed by atoms with Gasteiger partial charge in [-0.2, -0.15) is 0 Å². The Hall–Kier alpha value is -1.36. The maximum atomic E-state index is 11.2. The number of aromatic nitrogens is 2. The fourth-order valence-corrected chi connectivity index (χ4v) is 2.03. The monoisotopic (exact) mass is 282 g/mol. The van der Waals surface area contributed by atoms with Crippen LogP contribution in [-0.2, 0) is 6.42 Å². The summed E-state index contributed by atoms with van der Waals surface area (Å²) in [5.41, 5.74) is 1.58. The van der Waals surface area contributed by atoms with Gasteiger partial charge in [0, 0.05) is 10.7 Å². The Kier molecular flexibility index (Phi) is 2.96. The van der Waals surface area contributed by atoms with Crippen molar-refractivity contribution in [2.24, 2.45) is 0 Å². The topological polar surface area (TPSA) is 54.6 Å². The molecule has 0 aliphatic heterocycles. The fraction of sp³-hybridized carbons (Fsp3) is 0.273. The largest absolute Gasteiger partial charge is 0.477 e. The zero-order valence-electron chi connectivity index (χ0n) is 8.77. The molecule has 0 saturated carbocycles. The third kappa shape index (κ3) is 1.82. The first kappa shape index (κ1) is 11.1. The molecule has 0 aliphatic carbocycles. The van der Waals surface area contributed by atoms with Crippen LogP contribution >= 0.6 is 15.9 Å². The number of nitrogens with zero attached hydrogens (tertiary/aromatic N) is 2. The number of carbonyl (C=O) groups is 1. The molecule has 16 heavy (non-hydrogen) atoms. The van der Waals surface area contributed by atoms with Crippen molar-refractivity contribution in [1.82, 2.24) is 9.38 Å². The Labute approximate surface area is 101 Å². The number of imidazole rings is 1. The lowest BCUT2D eigenvalue weighted by Crippen LogP contribution is -2.05. The molecule has 0 radical (unpaired) electrons. The molecular weight excluding hydrogens is 272 g/mol. The minimum Gasteiger partial charge on any atom is -0.477 e. The molecule has 5 heteroatoms. The summed E-state index contributed by atoms with van der Waals surface area (Å²) in [6.45, 7) is 2.01. The number of halogens is 1. The molecule has 0 aliphatic rings. The number of carboxylic acids is 1. The summed E-state index contributed by atoms with van der Waals surface area (Å²) in [5.74, 6) is -0.932. The van der Waals surface area contributed by atoms with Gasteiger partial charge in [0.2, 0.25) is 0 Å². The summed E-state index contributed by atoms with van der Waals surface area (Å²) in [7, 11) is 0. The van der Waals surface area contributed by atoms with Gasteiger partial charge in [-0.05, 0) is 18.6 Å². The molecule has 0 fully saturated rings. The second-order valence-corrected chi connectivity index (χ2v) is 4.45. The van der Waals surface area contributed by atoms with Gasteiger partial charge in [0.25, 0.3) is 0 Å². The normalized spacial score (nSPS) is 10.9. The summed E-state index contributed by atoms with van der Waals surface area (Å²) in [4.78, 5) is 15.5. The first-order valence-electron chi connectivity index (χ1n) is 5.03. The molecule has 0 aromatic carbocycles. The quantitative estimate of drug-likeness (QED) is 0.942. The average Bonchev–Trinajstić information content (AvgIpc) is 2.55. The van der Waals surface area contributed by atoms with Crippen LogP contribution in [0.1, 0.15) is 29.5 Å². The molecule has 4 nitrogen and oxygen atoms in total. The number of pyridine rings is 1. The summed E-state index contributed by atoms with van der Waals surface area (Å²) < 4.78 is 2.50. The molecular formula is C11H11BrN2O2. The van der Waals surface area contributed by atoms with Crippen molar-refractivity contribution in [2.45, 2.75) is 19.8 Å². The van der Waals surface area contributed by atoms with E-state index in [-0.39, 0.29) is 5.69 Å². The molecule has 2 heterocycles. The Balaban J connectivity index is 2.70. The van der Waals surface area contributed by atoms with Crippen LogP contribution < -0.4 is 0 Å². The van der Waals surface area contributed by atoms with Gasteiger partial charge < -0.3 is 5.11 Å². The Morgan fingerprint density at radius 1 is 1.62 bits per heavy atom. The molecule has 84 valence electrons. The van der Waals surface area contributed by atoms with E-state index in [0.29, 0.717) is 17.8 Å². The zero-order valence-corrected chi connectivity index (χ0v) is 10.4. The van der Waals surface area contributed by atoms with Crippen LogP contribution in [0.25, 0.3) is 5.65 Å². The standard InChI is InChI=1S/C11H11BrN2O2/c1-2-3-8-10(11(15)16)14-5-4-7(12)6-9(14)13-8/h4-6H,2-3H2,1H3,(H,15,16). The van der Waals surface area contributed by atoms with E-state index in [1.165, 1.54) is 0 Å². The van der Waals surface area contributed by atoms with Crippen molar-refractivity contribution in [1.29, 1.82) is 0 Å². The van der Waals surface area contributed by atoms with Gasteiger partial charge in [0.1, 0.15) is 5.65 Å². The van der Waals surface area contributed by atoms with Crippen molar-refractivity contribution >= 4 is 27.5 Å². The summed E-state index contributed by atoms with van der Waals surface area (Å²) in [6, 6.07) is 3.61. The van der Waals surface area contributed by atoms with Crippen LogP contribution in [0.5, 0.6) is 0 Å². The summed E-state index contributed by atoms with van der Waals surface area (Å²) >= 11 is 3.34. The number of carboxylic acid groups (broad SMARTS) is 1. The first-order chi connectivity index (χ1) is 7.63. The molecule has 0 bridgehead atoms. The van der Waals surface area contributed by atoms with Crippen molar-refractivity contribution < 1.29 is 9.90 Å². The van der Waals surface area contributed by atoms with E-state index in [1.54, 1.807) is 16.7 Å². The van der Waals surface area contributed by atoms with Crippen LogP contribution in [-0.4, -0.2) is 20.5 Å². The van der Waals surface area contributed by atoms with Crippen LogP contribution in [0.2, 0.25) is 0 Å². The molecule has 0 spiro atoms. The molecule has 2 aromatic rings. The van der Waals surface area contributed by atoms with E-state index in [2.05, 4.69) is 20.9 Å². The first-order valence-corrected chi connectivity index (χ1v) is 5.82. The van der Waals surface area contributed by atoms with Gasteiger partial charge >= 0.3 is 5.97 Å². The van der Waals surface area contributed by atoms with Gasteiger partial charge in [0.05, 0.1) is 5.69 Å². The molecule has 1 N–H and O–H groups in total. The molecule has 0 amide bonds. The van der Waals surface area contributed by atoms with Crippen LogP contribution in [0.3, 0.4) is 0 Å². The number of aromatic carboxylic acids is 1. The van der Waals surface area contributed by atoms with Crippen LogP contribution in [0.15, 0.2) is 22.8 Å². The number of aryl methyl sites for hydroxylation is 1. The Morgan fingerprint density at radius 2 is 2.38 bits per heavy atom. The number of fused-ring (bicyclic) bond motifs is 1. The highest BCUT2D eigenvalue weighted by Crippen LogP contribution is 2.18. The molecule has 0 saturated heterocycles. The maximum Gasteiger partial charge on any atom is 0.354 e. The lowest BCUT2D eigenvalue weighted by atomic mass is 10.2. The number of hydrogen-bond donors (Lipinski definition) is 1. The Bertz CT molecular complexity index is 548. The highest BCUT2D eigenvalue weighted by Gasteiger charge is 2.17. The predicted molar refractivity (Wildman–Crippen MR) is 63.8 cm³/mol. The van der Waals surface area contributed by atoms with Crippen molar-refractivity contribution in [2.75, 3.05) is 0 Å². The Morgan fingerprint density at radius 3 is 3.00 bits per heavy atom. The molecule has 2 rings (SSSR count). The fourth-order valence-electron chi connectivity index (χ4n) is 1.71. The van der Waals surface area contributed by atoms with E-state index in [4.69, 9.17) is 0 Å². The third-order valence-corrected chi connectivity index (χ3v) is 2.84. The lowest BCUT2D eigenvalue weighted by molar-refractivity contribution is 0.0688. The molecule has 0 unspecified atom stereocenters. The van der Waals surface area contributed by atoms with Crippen LogP contribution in [0, 0.1) is 0 Å². The average molecular weight is 283 g/mol. The predicted octanol–water partition coefficient (Wildman–Crippen LogP) is 2.75. The molecule has 0 atom stereocenters. The highest BCUT2D eigenvalue weighted by molar-refractivity contribution is 9.10. The van der Waals surface area contributed by atoms with Crippen molar-refractivity contribution in [3.8, 4) is 0 Å². The van der Waals surface area contributed by atoms with Crippen molar-refractivity contribution in [3.63, 3.8) is 0 Å². The van der Waals surface area contributed by atoms with E-state index in [1.807, 2.05) is 13.0 Å². The lowest BCUT2D eigenvalue weighted by Gasteiger charge is -1.98. The summed E-state index contributed by atoms with van der Waals surface area (Å²) in [5, 5.41) is 9.18. The van der Waals surface area contributed by atoms with Gasteiger partial charge in [-0.1, -0.05) is 29.3 Å². The highest BCUT2D eigenvalue weighted by atomic mass is 79.9. The molecule has 2 aromatic heterocycles. The van der Waals surface area contributed by atoms with E-state index in [0.717, 1.165) is 10.9 Å². The van der Waals surface area contributed by atoms with E-state index in [9.17, 15) is 9.90 Å². The third-order valence-electron chi connectivity index (χ3n) is 2.35. The number of hydrogen-bond acceptors (Lipinski definition) is 2. The van der Waals surface area contributed by atoms with Crippen molar-refractivity contribution in [3.05, 3.63) is 34.2 Å². The van der Waals surface area contributed by atoms with E-state index >= 15 is 0 Å². The number of rotatable bonds is 3. The van der Waals surface area contributed by atoms with Gasteiger partial charge in [-0.3, -0.25) is 4.40 Å². The van der Waals surface area contributed by atoms with Gasteiger partial charge in [-0.15, -0.1) is 0 Å². The zero-order chi connectivity index (χ0) is 11.7. The minimum atomic E-state index is -0.932. The van der Waals surface area contributed by atoms with Crippen LogP contribution in [0.4, 0.5) is 0 Å². The second kappa shape index (κ2) is 4.25. The smallest absolute Gasteiger partial charge is 0.354 e. The SMILES string of the molecule is CCCc1nc2cc(Br)ccn2c1C(=O)O. The van der Waals surface area contributed by atoms with E-state index < -0.39 is 5.97 Å². The second-order valence-electron chi connectivity index (χ2n) is 3.54. The maximum absolute atomic E-state index is 11.2. The summed E-state index contributed by atoms with van der Waals surface area (Å²) in [6.07, 6.45) is 3.28. The van der Waals surface area contributed by atoms with Gasteiger partial charge in [-0.25, -0.2) is 9.78 Å². The van der Waals surface area contributed by atoms with Gasteiger partial charge in [0.15, 0.2) is 5.69 Å².